The van der Waals surface area contributed by atoms with E-state index in [9.17, 15) is 43.5 Å². The number of fused-ring (bicyclic) bond motifs is 2. The molecular weight excluding hydrogens is 1010 g/mol. The number of nitrogens with one attached hydrogen (secondary N) is 7. The number of amides is 7. The maximum Gasteiger partial charge on any atom is 0.411 e. The van der Waals surface area contributed by atoms with Crippen molar-refractivity contribution in [1.29, 1.82) is 5.41 Å². The molecule has 10 N–H and O–H groups in total. The second-order valence-electron chi connectivity index (χ2n) is 20.9. The number of nitrogens with two attached hydrogens (primary N) is 1. The lowest BCUT2D eigenvalue weighted by Crippen LogP contribution is -2.60. The Kier molecular flexibility index (Phi) is 21.3. The van der Waals surface area contributed by atoms with E-state index in [1.807, 2.05) is 65.0 Å². The number of carboxylic acids is 1. The van der Waals surface area contributed by atoms with Crippen LogP contribution in [0, 0.1) is 10.8 Å². The van der Waals surface area contributed by atoms with E-state index in [0.717, 1.165) is 5.56 Å². The monoisotopic (exact) mass is 1080 g/mol. The summed E-state index contributed by atoms with van der Waals surface area (Å²) in [5, 5.41) is 38.6. The van der Waals surface area contributed by atoms with Gasteiger partial charge in [0.2, 0.25) is 35.4 Å². The highest BCUT2D eigenvalue weighted by Crippen LogP contribution is 2.32. The fourth-order valence-electron chi connectivity index (χ4n) is 8.77. The minimum absolute atomic E-state index is 0.0429. The zero-order valence-corrected chi connectivity index (χ0v) is 46.2. The lowest BCUT2D eigenvalue weighted by molar-refractivity contribution is -0.139. The molecule has 420 valence electrons. The molecule has 4 aromatic rings. The zero-order chi connectivity index (χ0) is 58.2. The predicted molar refractivity (Wildman–Crippen MR) is 302 cm³/mol. The number of aliphatic carboxylic acids is 1. The molecule has 0 saturated carbocycles. The molecule has 0 spiro atoms. The third-order valence-electron chi connectivity index (χ3n) is 13.5. The maximum atomic E-state index is 14.0. The van der Waals surface area contributed by atoms with Crippen LogP contribution in [0.15, 0.2) is 114 Å². The number of unbranched alkanes of at least 4 members (excludes halogenated alkanes) is 1. The predicted octanol–water partition coefficient (Wildman–Crippen LogP) is 5.72. The first-order valence-corrected chi connectivity index (χ1v) is 25.8. The zero-order valence-electron chi connectivity index (χ0n) is 46.2. The van der Waals surface area contributed by atoms with Crippen molar-refractivity contribution in [2.24, 2.45) is 16.4 Å². The summed E-state index contributed by atoms with van der Waals surface area (Å²) >= 11 is 0. The molecule has 5 rings (SSSR count). The molecule has 21 heteroatoms. The second-order valence-corrected chi connectivity index (χ2v) is 20.9. The first-order chi connectivity index (χ1) is 37.3. The molecule has 7 amide bonds. The van der Waals surface area contributed by atoms with E-state index in [2.05, 4.69) is 37.0 Å². The van der Waals surface area contributed by atoms with Gasteiger partial charge in [0.05, 0.1) is 30.5 Å². The summed E-state index contributed by atoms with van der Waals surface area (Å²) in [6.45, 7) is 11.9. The molecule has 21 nitrogen and oxygen atoms in total. The third-order valence-corrected chi connectivity index (χ3v) is 13.5. The third kappa shape index (κ3) is 16.6. The van der Waals surface area contributed by atoms with Crippen LogP contribution in [0.1, 0.15) is 102 Å². The van der Waals surface area contributed by atoms with Crippen LogP contribution in [0.4, 0.5) is 21.9 Å². The normalized spacial score (nSPS) is 14.2. The number of hydrogen-bond donors (Lipinski definition) is 9. The van der Waals surface area contributed by atoms with Crippen molar-refractivity contribution in [2.45, 2.75) is 111 Å². The second kappa shape index (κ2) is 27.5. The maximum absolute atomic E-state index is 14.0. The SMILES string of the molecule is CN[C@H](C(=O)NC(C(=O)N(C)C/C=C(\C)C(=O)O)C(C)(C)C)C(C)(C)c1cccc(NC(=O)OCc2ccc(NC(=O)[C@H](C)NC(=O)CNC(=O)CCCCC(=O)N3Cc4ccccc4C(=NN)C(=N)c4ccccc43)cc2)c1. The summed E-state index contributed by atoms with van der Waals surface area (Å²) in [4.78, 5) is 107. The summed E-state index contributed by atoms with van der Waals surface area (Å²) in [5.74, 6) is 2.16. The molecule has 0 aromatic heterocycles. The van der Waals surface area contributed by atoms with E-state index in [-0.39, 0.29) is 68.1 Å². The summed E-state index contributed by atoms with van der Waals surface area (Å²) < 4.78 is 5.48. The molecule has 0 fully saturated rings. The van der Waals surface area contributed by atoms with Gasteiger partial charge in [0, 0.05) is 59.9 Å². The van der Waals surface area contributed by atoms with Gasteiger partial charge in [0.15, 0.2) is 0 Å². The molecule has 3 atom stereocenters. The van der Waals surface area contributed by atoms with Gasteiger partial charge in [-0.15, -0.1) is 0 Å². The van der Waals surface area contributed by atoms with E-state index >= 15 is 0 Å². The lowest BCUT2D eigenvalue weighted by Gasteiger charge is -2.38. The Morgan fingerprint density at radius 3 is 2.13 bits per heavy atom. The molecular formula is C58H73N11O10. The Morgan fingerprint density at radius 2 is 1.47 bits per heavy atom. The fourth-order valence-corrected chi connectivity index (χ4v) is 8.77. The number of carboxylic acid groups (broad SMARTS) is 1. The van der Waals surface area contributed by atoms with Crippen molar-refractivity contribution in [3.8, 4) is 0 Å². The minimum atomic E-state index is -1.09. The number of carbonyl (C=O) groups is 8. The number of hydrazone groups is 1. The van der Waals surface area contributed by atoms with Crippen molar-refractivity contribution in [1.82, 2.24) is 26.2 Å². The number of nitrogens with zero attached hydrogens (tertiary/aromatic N) is 3. The van der Waals surface area contributed by atoms with Crippen LogP contribution in [0.25, 0.3) is 0 Å². The quantitative estimate of drug-likeness (QED) is 0.0198. The van der Waals surface area contributed by atoms with Gasteiger partial charge in [-0.2, -0.15) is 5.10 Å². The van der Waals surface area contributed by atoms with Crippen molar-refractivity contribution in [2.75, 3.05) is 42.7 Å². The largest absolute Gasteiger partial charge is 0.478 e. The molecule has 79 heavy (non-hydrogen) atoms. The Morgan fingerprint density at radius 1 is 0.810 bits per heavy atom. The van der Waals surface area contributed by atoms with Gasteiger partial charge in [-0.05, 0) is 86.2 Å². The van der Waals surface area contributed by atoms with Crippen LogP contribution in [0.2, 0.25) is 0 Å². The summed E-state index contributed by atoms with van der Waals surface area (Å²) in [6.07, 6.45) is 1.68. The van der Waals surface area contributed by atoms with Crippen molar-refractivity contribution >= 4 is 76.0 Å². The first-order valence-electron chi connectivity index (χ1n) is 25.8. The smallest absolute Gasteiger partial charge is 0.411 e. The van der Waals surface area contributed by atoms with Gasteiger partial charge in [-0.1, -0.05) is 107 Å². The molecule has 1 heterocycles. The van der Waals surface area contributed by atoms with Gasteiger partial charge >= 0.3 is 12.1 Å². The van der Waals surface area contributed by atoms with Crippen LogP contribution in [-0.2, 0) is 56.9 Å². The first kappa shape index (κ1) is 61.1. The van der Waals surface area contributed by atoms with Crippen molar-refractivity contribution < 1.29 is 48.2 Å². The fraction of sp³-hybridized carbons (Fsp3) is 0.379. The summed E-state index contributed by atoms with van der Waals surface area (Å²) in [7, 11) is 3.18. The Bertz CT molecular complexity index is 2980. The number of hydrogen-bond acceptors (Lipinski definition) is 13. The van der Waals surface area contributed by atoms with E-state index in [4.69, 9.17) is 16.0 Å². The highest BCUT2D eigenvalue weighted by Gasteiger charge is 2.41. The van der Waals surface area contributed by atoms with Crippen LogP contribution in [0.3, 0.4) is 0 Å². The van der Waals surface area contributed by atoms with Crippen molar-refractivity contribution in [3.63, 3.8) is 0 Å². The van der Waals surface area contributed by atoms with Gasteiger partial charge in [0.1, 0.15) is 24.4 Å². The van der Waals surface area contributed by atoms with Gasteiger partial charge in [0.25, 0.3) is 0 Å². The molecule has 0 saturated heterocycles. The van der Waals surface area contributed by atoms with Crippen molar-refractivity contribution in [3.05, 3.63) is 137 Å². The van der Waals surface area contributed by atoms with Crippen LogP contribution in [-0.4, -0.2) is 114 Å². The van der Waals surface area contributed by atoms with Gasteiger partial charge in [-0.25, -0.2) is 9.59 Å². The number of carbonyl (C=O) groups excluding carboxylic acids is 7. The number of likely N-dealkylation sites (N-methyl/N-ethyl adjacent to an activating group) is 2. The van der Waals surface area contributed by atoms with Gasteiger partial charge in [-0.3, -0.25) is 39.5 Å². The number of anilines is 3. The Balaban J connectivity index is 1.03. The average molecular weight is 1080 g/mol. The van der Waals surface area contributed by atoms with Crippen LogP contribution < -0.4 is 42.6 Å². The topological polar surface area (TPSA) is 307 Å². The molecule has 1 aliphatic heterocycles. The summed E-state index contributed by atoms with van der Waals surface area (Å²) in [6, 6.07) is 25.2. The Hall–Kier alpha value is -8.72. The Labute approximate surface area is 460 Å². The van der Waals surface area contributed by atoms with E-state index in [1.54, 1.807) is 85.7 Å². The molecule has 1 unspecified atom stereocenters. The average Bonchev–Trinajstić information content (AvgIpc) is 3.51. The number of para-hydroxylation sites is 1. The number of ether oxygens (including phenoxy) is 1. The molecule has 1 aliphatic rings. The molecule has 4 aromatic carbocycles. The van der Waals surface area contributed by atoms with E-state index < -0.39 is 58.7 Å². The summed E-state index contributed by atoms with van der Waals surface area (Å²) in [5.41, 5.74) is 3.64. The minimum Gasteiger partial charge on any atom is -0.478 e. The lowest BCUT2D eigenvalue weighted by atomic mass is 9.76. The number of benzene rings is 4. The molecule has 0 aliphatic carbocycles. The molecule has 0 bridgehead atoms. The van der Waals surface area contributed by atoms with Gasteiger partial charge < -0.3 is 52.1 Å². The highest BCUT2D eigenvalue weighted by molar-refractivity contribution is 6.53. The van der Waals surface area contributed by atoms with Crippen LogP contribution >= 0.6 is 0 Å². The van der Waals surface area contributed by atoms with E-state index in [0.29, 0.717) is 57.9 Å². The number of rotatable bonds is 22. The standard InChI is InChI=1S/C58H73N11O10/c1-35(55(76)77)29-30-68(9)54(75)51(57(3,4)5)66-53(74)50(61-8)58(6,7)39-18-16-19-41(31-39)65-56(78)79-34-37-25-27-40(28-26-37)64-52(73)36(2)63-46(71)32-62-45(70)23-14-15-24-47(72)69-33-38-17-10-11-20-42(38)49(67-60)48(59)43-21-12-13-22-44(43)69/h10-13,16-22,25-29,31,36,50-51,59,61H,14-15,23-24,30,32-34,60H2,1-9H3,(H,62,70)(H,63,71)(H,64,73)(H,65,78)(H,66,74)(H,76,77)/b35-29+,59-48?,67-49?/t36-,50+,51?/m0/s1. The molecule has 0 radical (unpaired) electrons. The van der Waals surface area contributed by atoms with Crippen LogP contribution in [0.5, 0.6) is 0 Å². The van der Waals surface area contributed by atoms with E-state index in [1.165, 1.54) is 24.8 Å². The highest BCUT2D eigenvalue weighted by atomic mass is 16.5.